The van der Waals surface area contributed by atoms with Crippen molar-refractivity contribution in [1.29, 1.82) is 0 Å². The Kier molecular flexibility index (Phi) is 4.05. The number of thiocarbonyl (C=S) groups is 1. The van der Waals surface area contributed by atoms with E-state index >= 15 is 0 Å². The number of hydrogen-bond donors (Lipinski definition) is 0. The van der Waals surface area contributed by atoms with E-state index in [1.54, 1.807) is 0 Å². The van der Waals surface area contributed by atoms with Crippen LogP contribution in [0, 0.1) is 5.41 Å². The molecule has 2 aromatic carbocycles. The van der Waals surface area contributed by atoms with Crippen LogP contribution in [0.3, 0.4) is 0 Å². The summed E-state index contributed by atoms with van der Waals surface area (Å²) in [5.74, 6) is 0.196. The summed E-state index contributed by atoms with van der Waals surface area (Å²) in [7, 11) is 0. The van der Waals surface area contributed by atoms with E-state index in [0.29, 0.717) is 0 Å². The minimum Gasteiger partial charge on any atom is -0.350 e. The first-order valence-electron chi connectivity index (χ1n) is 10.2. The van der Waals surface area contributed by atoms with Crippen LogP contribution in [0.5, 0.6) is 0 Å². The van der Waals surface area contributed by atoms with Gasteiger partial charge >= 0.3 is 0 Å². The SMILES string of the molecule is C=C[C@H](c1ccccc1)[C@@]1(C)CC[C@]2(C)O[C@H]3Cc4ccccc4[C@H]3N2C1=S. The maximum atomic E-state index is 6.65. The molecule has 0 aromatic heterocycles. The summed E-state index contributed by atoms with van der Waals surface area (Å²) in [6, 6.07) is 19.7. The first kappa shape index (κ1) is 18.1. The lowest BCUT2D eigenvalue weighted by molar-refractivity contribution is -0.0913. The monoisotopic (exact) mass is 389 g/mol. The molecule has 2 aliphatic heterocycles. The van der Waals surface area contributed by atoms with E-state index in [1.807, 2.05) is 0 Å². The van der Waals surface area contributed by atoms with Gasteiger partial charge < -0.3 is 9.64 Å². The van der Waals surface area contributed by atoms with E-state index < -0.39 is 0 Å². The van der Waals surface area contributed by atoms with E-state index in [1.165, 1.54) is 16.7 Å². The van der Waals surface area contributed by atoms with E-state index in [4.69, 9.17) is 17.0 Å². The van der Waals surface area contributed by atoms with Crippen LogP contribution >= 0.6 is 12.2 Å². The van der Waals surface area contributed by atoms with Gasteiger partial charge in [0.2, 0.25) is 0 Å². The van der Waals surface area contributed by atoms with Gasteiger partial charge in [-0.25, -0.2) is 0 Å². The average Bonchev–Trinajstić information content (AvgIpc) is 3.19. The minimum atomic E-state index is -0.304. The number of benzene rings is 2. The van der Waals surface area contributed by atoms with Crippen molar-refractivity contribution in [3.8, 4) is 0 Å². The summed E-state index contributed by atoms with van der Waals surface area (Å²) in [4.78, 5) is 3.47. The number of rotatable bonds is 3. The van der Waals surface area contributed by atoms with Crippen LogP contribution in [0.4, 0.5) is 0 Å². The Bertz CT molecular complexity index is 941. The molecule has 0 saturated carbocycles. The van der Waals surface area contributed by atoms with Crippen LogP contribution < -0.4 is 0 Å². The van der Waals surface area contributed by atoms with Gasteiger partial charge in [-0.05, 0) is 36.5 Å². The summed E-state index contributed by atoms with van der Waals surface area (Å²) in [5, 5.41) is 0. The van der Waals surface area contributed by atoms with Crippen molar-refractivity contribution in [2.75, 3.05) is 0 Å². The molecule has 0 spiro atoms. The Labute approximate surface area is 173 Å². The molecule has 5 atom stereocenters. The fraction of sp³-hybridized carbons (Fsp3) is 0.400. The quantitative estimate of drug-likeness (QED) is 0.486. The lowest BCUT2D eigenvalue weighted by atomic mass is 9.67. The maximum absolute atomic E-state index is 6.65. The molecule has 3 heteroatoms. The van der Waals surface area contributed by atoms with E-state index in [-0.39, 0.29) is 29.2 Å². The Morgan fingerprint density at radius 2 is 1.82 bits per heavy atom. The Hall–Kier alpha value is -1.97. The van der Waals surface area contributed by atoms with Crippen LogP contribution in [0.25, 0.3) is 0 Å². The topological polar surface area (TPSA) is 12.5 Å². The van der Waals surface area contributed by atoms with E-state index in [9.17, 15) is 0 Å². The van der Waals surface area contributed by atoms with Crippen LogP contribution in [0.2, 0.25) is 0 Å². The number of fused-ring (bicyclic) bond motifs is 5. The normalized spacial score (nSPS) is 34.5. The molecule has 2 saturated heterocycles. The fourth-order valence-electron chi connectivity index (χ4n) is 5.73. The Morgan fingerprint density at radius 1 is 1.11 bits per heavy atom. The highest BCUT2D eigenvalue weighted by Gasteiger charge is 2.60. The third-order valence-electron chi connectivity index (χ3n) is 7.24. The van der Waals surface area contributed by atoms with Gasteiger partial charge in [0, 0.05) is 17.8 Å². The Morgan fingerprint density at radius 3 is 2.57 bits per heavy atom. The number of piperidine rings is 1. The zero-order valence-corrected chi connectivity index (χ0v) is 17.4. The summed E-state index contributed by atoms with van der Waals surface area (Å²) in [6.45, 7) is 8.74. The van der Waals surface area contributed by atoms with Gasteiger partial charge in [0.25, 0.3) is 0 Å². The van der Waals surface area contributed by atoms with E-state index in [0.717, 1.165) is 24.3 Å². The van der Waals surface area contributed by atoms with Gasteiger partial charge in [0.1, 0.15) is 5.72 Å². The van der Waals surface area contributed by atoms with Crippen molar-refractivity contribution in [1.82, 2.24) is 4.90 Å². The fourth-order valence-corrected chi connectivity index (χ4v) is 6.27. The second-order valence-electron chi connectivity index (χ2n) is 8.90. The number of allylic oxidation sites excluding steroid dienone is 1. The molecule has 0 bridgehead atoms. The molecule has 3 aliphatic rings. The smallest absolute Gasteiger partial charge is 0.139 e. The van der Waals surface area contributed by atoms with Gasteiger partial charge in [-0.3, -0.25) is 0 Å². The van der Waals surface area contributed by atoms with Gasteiger partial charge in [-0.2, -0.15) is 0 Å². The summed E-state index contributed by atoms with van der Waals surface area (Å²) in [6.07, 6.45) is 5.25. The first-order valence-corrected chi connectivity index (χ1v) is 10.7. The molecule has 5 rings (SSSR count). The zero-order chi connectivity index (χ0) is 19.5. The van der Waals surface area contributed by atoms with Crippen molar-refractivity contribution in [2.45, 2.75) is 56.9 Å². The molecule has 0 amide bonds. The van der Waals surface area contributed by atoms with Crippen LogP contribution in [-0.4, -0.2) is 21.7 Å². The van der Waals surface area contributed by atoms with Crippen molar-refractivity contribution in [3.63, 3.8) is 0 Å². The number of ether oxygens (including phenoxy) is 1. The lowest BCUT2D eigenvalue weighted by Crippen LogP contribution is -2.57. The number of nitrogens with zero attached hydrogens (tertiary/aromatic N) is 1. The van der Waals surface area contributed by atoms with Crippen molar-refractivity contribution >= 4 is 17.2 Å². The van der Waals surface area contributed by atoms with Gasteiger partial charge in [0.05, 0.1) is 17.1 Å². The predicted octanol–water partition coefficient (Wildman–Crippen LogP) is 5.80. The molecule has 0 radical (unpaired) electrons. The molecule has 144 valence electrons. The first-order chi connectivity index (χ1) is 13.5. The molecule has 28 heavy (non-hydrogen) atoms. The zero-order valence-electron chi connectivity index (χ0n) is 16.6. The molecule has 2 heterocycles. The molecule has 0 unspecified atom stereocenters. The van der Waals surface area contributed by atoms with Gasteiger partial charge in [-0.15, -0.1) is 6.58 Å². The highest BCUT2D eigenvalue weighted by Crippen LogP contribution is 2.58. The lowest BCUT2D eigenvalue weighted by Gasteiger charge is -2.52. The molecular formula is C25H27NOS. The molecule has 2 fully saturated rings. The second-order valence-corrected chi connectivity index (χ2v) is 9.28. The van der Waals surface area contributed by atoms with E-state index in [2.05, 4.69) is 86.0 Å². The third kappa shape index (κ3) is 2.39. The predicted molar refractivity (Wildman–Crippen MR) is 117 cm³/mol. The van der Waals surface area contributed by atoms with Crippen molar-refractivity contribution < 1.29 is 4.74 Å². The molecular weight excluding hydrogens is 362 g/mol. The molecule has 1 aliphatic carbocycles. The Balaban J connectivity index is 1.57. The van der Waals surface area contributed by atoms with Gasteiger partial charge in [-0.1, -0.05) is 79.8 Å². The summed E-state index contributed by atoms with van der Waals surface area (Å²) >= 11 is 6.24. The standard InChI is InChI=1S/C25H27NOS/c1-4-20(17-10-6-5-7-11-17)24(2)14-15-25(3)26(23(24)28)22-19-13-9-8-12-18(19)16-21(22)27-25/h4-13,20-22H,1,14-16H2,2-3H3/t20-,21+,22-,24-,25+/m1/s1. The van der Waals surface area contributed by atoms with Crippen molar-refractivity contribution in [3.05, 3.63) is 83.9 Å². The maximum Gasteiger partial charge on any atom is 0.139 e. The highest BCUT2D eigenvalue weighted by atomic mass is 32.1. The molecule has 0 N–H and O–H groups in total. The minimum absolute atomic E-state index is 0.145. The second kappa shape index (κ2) is 6.27. The average molecular weight is 390 g/mol. The summed E-state index contributed by atoms with van der Waals surface area (Å²) in [5.41, 5.74) is 3.63. The van der Waals surface area contributed by atoms with Crippen LogP contribution in [0.1, 0.15) is 55.3 Å². The number of hydrogen-bond acceptors (Lipinski definition) is 2. The van der Waals surface area contributed by atoms with Gasteiger partial charge in [0.15, 0.2) is 0 Å². The third-order valence-corrected chi connectivity index (χ3v) is 7.90. The highest BCUT2D eigenvalue weighted by molar-refractivity contribution is 7.80. The molecule has 2 aromatic rings. The van der Waals surface area contributed by atoms with Crippen molar-refractivity contribution in [2.24, 2.45) is 5.41 Å². The van der Waals surface area contributed by atoms with Crippen LogP contribution in [0.15, 0.2) is 67.3 Å². The largest absolute Gasteiger partial charge is 0.350 e. The molecule has 2 nitrogen and oxygen atoms in total. The van der Waals surface area contributed by atoms with Crippen LogP contribution in [-0.2, 0) is 11.2 Å². The summed E-state index contributed by atoms with van der Waals surface area (Å²) < 4.78 is 6.65.